The van der Waals surface area contributed by atoms with Crippen LogP contribution in [0.15, 0.2) is 46.7 Å². The van der Waals surface area contributed by atoms with Crippen LogP contribution >= 0.6 is 0 Å². The minimum absolute atomic E-state index is 0.150. The van der Waals surface area contributed by atoms with E-state index in [1.807, 2.05) is 0 Å². The molecular weight excluding hydrogens is 278 g/mol. The summed E-state index contributed by atoms with van der Waals surface area (Å²) in [7, 11) is -3.60. The van der Waals surface area contributed by atoms with Crippen LogP contribution in [0, 0.1) is 0 Å². The smallest absolute Gasteiger partial charge is 0.247 e. The molecule has 108 valence electrons. The first kappa shape index (κ1) is 14.7. The van der Waals surface area contributed by atoms with E-state index in [9.17, 15) is 18.3 Å². The summed E-state index contributed by atoms with van der Waals surface area (Å²) in [5, 5.41) is 10.7. The van der Waals surface area contributed by atoms with E-state index in [0.29, 0.717) is 13.0 Å². The number of aliphatic hydroxyl groups is 1. The van der Waals surface area contributed by atoms with Gasteiger partial charge < -0.3 is 10.0 Å². The molecule has 1 heterocycles. The summed E-state index contributed by atoms with van der Waals surface area (Å²) in [6, 6.07) is 7.93. The van der Waals surface area contributed by atoms with Crippen molar-refractivity contribution in [2.75, 3.05) is 13.1 Å². The number of benzene rings is 1. The predicted molar refractivity (Wildman–Crippen MR) is 74.6 cm³/mol. The minimum atomic E-state index is -3.60. The van der Waals surface area contributed by atoms with Gasteiger partial charge in [-0.05, 0) is 25.5 Å². The van der Waals surface area contributed by atoms with Gasteiger partial charge in [0.2, 0.25) is 5.91 Å². The van der Waals surface area contributed by atoms with Crippen LogP contribution in [0.2, 0.25) is 0 Å². The largest absolute Gasteiger partial charge is 0.388 e. The third-order valence-electron chi connectivity index (χ3n) is 3.22. The maximum atomic E-state index is 12.0. The number of amides is 1. The second-order valence-electron chi connectivity index (χ2n) is 5.17. The summed E-state index contributed by atoms with van der Waals surface area (Å²) in [6.45, 7) is 2.31. The Balaban J connectivity index is 2.08. The van der Waals surface area contributed by atoms with Crippen LogP contribution in [-0.2, 0) is 14.6 Å². The molecule has 1 aromatic rings. The van der Waals surface area contributed by atoms with E-state index >= 15 is 0 Å². The highest BCUT2D eigenvalue weighted by Gasteiger charge is 2.33. The van der Waals surface area contributed by atoms with Crippen molar-refractivity contribution < 1.29 is 18.3 Å². The first-order chi connectivity index (χ1) is 9.30. The molecule has 0 bridgehead atoms. The van der Waals surface area contributed by atoms with Crippen molar-refractivity contribution in [3.8, 4) is 0 Å². The number of sulfone groups is 1. The highest BCUT2D eigenvalue weighted by atomic mass is 32.2. The molecule has 1 unspecified atom stereocenters. The van der Waals surface area contributed by atoms with Crippen LogP contribution in [0.4, 0.5) is 0 Å². The number of hydrogen-bond donors (Lipinski definition) is 1. The van der Waals surface area contributed by atoms with Gasteiger partial charge in [0.25, 0.3) is 0 Å². The van der Waals surface area contributed by atoms with Crippen LogP contribution in [0.1, 0.15) is 13.3 Å². The van der Waals surface area contributed by atoms with Crippen LogP contribution in [0.25, 0.3) is 0 Å². The number of likely N-dealkylation sites (tertiary alicyclic amines) is 1. The fraction of sp³-hybridized carbons (Fsp3) is 0.357. The summed E-state index contributed by atoms with van der Waals surface area (Å²) in [4.78, 5) is 13.5. The summed E-state index contributed by atoms with van der Waals surface area (Å²) in [5.74, 6) is -0.401. The first-order valence-electron chi connectivity index (χ1n) is 6.30. The molecule has 6 heteroatoms. The van der Waals surface area contributed by atoms with Gasteiger partial charge in [-0.1, -0.05) is 18.2 Å². The normalized spacial score (nSPS) is 23.4. The Kier molecular flexibility index (Phi) is 3.96. The molecule has 0 aromatic heterocycles. The van der Waals surface area contributed by atoms with Crippen molar-refractivity contribution >= 4 is 15.7 Å². The van der Waals surface area contributed by atoms with E-state index in [-0.39, 0.29) is 11.4 Å². The molecule has 0 spiro atoms. The average molecular weight is 295 g/mol. The zero-order valence-electron chi connectivity index (χ0n) is 11.2. The lowest BCUT2D eigenvalue weighted by Crippen LogP contribution is -2.32. The molecule has 20 heavy (non-hydrogen) atoms. The number of carbonyl (C=O) groups excluding carboxylic acids is 1. The molecule has 0 aliphatic carbocycles. The minimum Gasteiger partial charge on any atom is -0.388 e. The Morgan fingerprint density at radius 3 is 2.55 bits per heavy atom. The molecular formula is C14H17NO4S. The van der Waals surface area contributed by atoms with Crippen molar-refractivity contribution in [2.24, 2.45) is 0 Å². The maximum absolute atomic E-state index is 12.0. The Labute approximate surface area is 118 Å². The summed E-state index contributed by atoms with van der Waals surface area (Å²) in [5.41, 5.74) is -0.887. The first-order valence-corrected chi connectivity index (χ1v) is 7.84. The molecule has 1 atom stereocenters. The molecule has 1 aliphatic rings. The van der Waals surface area contributed by atoms with Gasteiger partial charge in [-0.3, -0.25) is 4.79 Å². The van der Waals surface area contributed by atoms with Gasteiger partial charge >= 0.3 is 0 Å². The maximum Gasteiger partial charge on any atom is 0.247 e. The van der Waals surface area contributed by atoms with Gasteiger partial charge in [0.1, 0.15) is 0 Å². The van der Waals surface area contributed by atoms with Gasteiger partial charge in [-0.25, -0.2) is 8.42 Å². The molecule has 1 amide bonds. The fourth-order valence-electron chi connectivity index (χ4n) is 2.08. The zero-order valence-corrected chi connectivity index (χ0v) is 12.0. The van der Waals surface area contributed by atoms with E-state index in [1.165, 1.54) is 17.0 Å². The van der Waals surface area contributed by atoms with E-state index in [4.69, 9.17) is 0 Å². The van der Waals surface area contributed by atoms with Gasteiger partial charge in [-0.2, -0.15) is 0 Å². The van der Waals surface area contributed by atoms with Crippen molar-refractivity contribution in [1.82, 2.24) is 4.90 Å². The van der Waals surface area contributed by atoms with Crippen molar-refractivity contribution in [3.63, 3.8) is 0 Å². The van der Waals surface area contributed by atoms with Crippen LogP contribution in [-0.4, -0.2) is 43.0 Å². The average Bonchev–Trinajstić information content (AvgIpc) is 2.78. The van der Waals surface area contributed by atoms with Gasteiger partial charge in [-0.15, -0.1) is 0 Å². The van der Waals surface area contributed by atoms with Crippen molar-refractivity contribution in [3.05, 3.63) is 41.8 Å². The Morgan fingerprint density at radius 1 is 1.35 bits per heavy atom. The topological polar surface area (TPSA) is 74.7 Å². The number of β-amino-alcohol motifs (C(OH)–C–C–N with tert-alkyl or cyclic N) is 1. The zero-order chi connectivity index (χ0) is 14.8. The third-order valence-corrected chi connectivity index (χ3v) is 4.65. The molecule has 1 aliphatic heterocycles. The van der Waals surface area contributed by atoms with Crippen LogP contribution < -0.4 is 0 Å². The molecule has 1 saturated heterocycles. The van der Waals surface area contributed by atoms with E-state index in [2.05, 4.69) is 0 Å². The number of nitrogens with zero attached hydrogens (tertiary/aromatic N) is 1. The highest BCUT2D eigenvalue weighted by molar-refractivity contribution is 7.94. The van der Waals surface area contributed by atoms with Gasteiger partial charge in [0.15, 0.2) is 9.84 Å². The van der Waals surface area contributed by atoms with Gasteiger partial charge in [0, 0.05) is 24.6 Å². The quantitative estimate of drug-likeness (QED) is 0.843. The second kappa shape index (κ2) is 5.38. The van der Waals surface area contributed by atoms with Crippen molar-refractivity contribution in [1.29, 1.82) is 0 Å². The Hall–Kier alpha value is -1.66. The lowest BCUT2D eigenvalue weighted by atomic mass is 10.1. The van der Waals surface area contributed by atoms with Crippen molar-refractivity contribution in [2.45, 2.75) is 23.8 Å². The summed E-state index contributed by atoms with van der Waals surface area (Å²) < 4.78 is 23.9. The molecule has 1 N–H and O–H groups in total. The van der Waals surface area contributed by atoms with E-state index < -0.39 is 21.3 Å². The Morgan fingerprint density at radius 2 is 2.00 bits per heavy atom. The van der Waals surface area contributed by atoms with Gasteiger partial charge in [0.05, 0.1) is 10.5 Å². The summed E-state index contributed by atoms with van der Waals surface area (Å²) >= 11 is 0. The van der Waals surface area contributed by atoms with Crippen LogP contribution in [0.5, 0.6) is 0 Å². The molecule has 1 fully saturated rings. The molecule has 5 nitrogen and oxygen atoms in total. The fourth-order valence-corrected chi connectivity index (χ4v) is 3.06. The second-order valence-corrected chi connectivity index (χ2v) is 7.00. The lowest BCUT2D eigenvalue weighted by molar-refractivity contribution is -0.125. The lowest BCUT2D eigenvalue weighted by Gasteiger charge is -2.17. The number of carbonyl (C=O) groups is 1. The molecule has 0 saturated carbocycles. The Bertz CT molecular complexity index is 620. The third kappa shape index (κ3) is 3.46. The van der Waals surface area contributed by atoms with E-state index in [0.717, 1.165) is 11.5 Å². The predicted octanol–water partition coefficient (Wildman–Crippen LogP) is 0.957. The number of rotatable bonds is 3. The SMILES string of the molecule is CC1(O)CCN(C(=O)/C=C/S(=O)(=O)c2ccccc2)C1. The highest BCUT2D eigenvalue weighted by Crippen LogP contribution is 2.20. The molecule has 1 aromatic carbocycles. The molecule has 0 radical (unpaired) electrons. The monoisotopic (exact) mass is 295 g/mol. The standard InChI is InChI=1S/C14H17NO4S/c1-14(17)8-9-15(11-14)13(16)7-10-20(18,19)12-5-3-2-4-6-12/h2-7,10,17H,8-9,11H2,1H3/b10-7+. The molecule has 2 rings (SSSR count). The van der Waals surface area contributed by atoms with E-state index in [1.54, 1.807) is 25.1 Å². The van der Waals surface area contributed by atoms with Crippen LogP contribution in [0.3, 0.4) is 0 Å². The summed E-state index contributed by atoms with van der Waals surface area (Å²) in [6.07, 6.45) is 1.54. The number of hydrogen-bond acceptors (Lipinski definition) is 4.